The number of aryl methyl sites for hydroxylation is 1. The Morgan fingerprint density at radius 2 is 2.05 bits per heavy atom. The van der Waals surface area contributed by atoms with Gasteiger partial charge in [0.25, 0.3) is 5.91 Å². The van der Waals surface area contributed by atoms with Gasteiger partial charge < -0.3 is 9.88 Å². The molecule has 1 aromatic heterocycles. The van der Waals surface area contributed by atoms with Crippen LogP contribution in [0, 0.1) is 0 Å². The monoisotopic (exact) mass is 258 g/mol. The molecule has 2 aromatic rings. The molecule has 19 heavy (non-hydrogen) atoms. The smallest absolute Gasteiger partial charge is 0.256 e. The van der Waals surface area contributed by atoms with Crippen molar-refractivity contribution in [3.63, 3.8) is 0 Å². The number of amides is 1. The Hall–Kier alpha value is -2.10. The number of pyridine rings is 1. The number of fused-ring (bicyclic) bond motifs is 1. The first-order valence-electron chi connectivity index (χ1n) is 6.43. The summed E-state index contributed by atoms with van der Waals surface area (Å²) >= 11 is 0. The third-order valence-electron chi connectivity index (χ3n) is 3.33. The fourth-order valence-corrected chi connectivity index (χ4v) is 2.01. The predicted octanol–water partition coefficient (Wildman–Crippen LogP) is 2.07. The highest BCUT2D eigenvalue weighted by molar-refractivity contribution is 5.97. The van der Waals surface area contributed by atoms with E-state index < -0.39 is 0 Å². The lowest BCUT2D eigenvalue weighted by atomic mass is 10.1. The van der Waals surface area contributed by atoms with Crippen molar-refractivity contribution in [2.24, 2.45) is 7.05 Å². The lowest BCUT2D eigenvalue weighted by molar-refractivity contribution is 0.0937. The van der Waals surface area contributed by atoms with Gasteiger partial charge in [0.15, 0.2) is 0 Å². The summed E-state index contributed by atoms with van der Waals surface area (Å²) in [6.07, 6.45) is 2.43. The third-order valence-corrected chi connectivity index (χ3v) is 3.33. The second kappa shape index (κ2) is 5.26. The van der Waals surface area contributed by atoms with Crippen LogP contribution < -0.4 is 10.7 Å². The molecule has 0 radical (unpaired) electrons. The molecule has 100 valence electrons. The van der Waals surface area contributed by atoms with Crippen LogP contribution in [0.2, 0.25) is 0 Å². The van der Waals surface area contributed by atoms with Crippen LogP contribution in [-0.4, -0.2) is 16.5 Å². The van der Waals surface area contributed by atoms with Crippen LogP contribution in [0.3, 0.4) is 0 Å². The molecule has 0 aliphatic heterocycles. The van der Waals surface area contributed by atoms with Crippen molar-refractivity contribution in [3.05, 3.63) is 46.2 Å². The van der Waals surface area contributed by atoms with E-state index in [1.807, 2.05) is 37.6 Å². The lowest BCUT2D eigenvalue weighted by Gasteiger charge is -2.13. The number of benzene rings is 1. The fraction of sp³-hybridized carbons (Fsp3) is 0.333. The number of nitrogens with one attached hydrogen (secondary N) is 1. The summed E-state index contributed by atoms with van der Waals surface area (Å²) in [5, 5.41) is 3.40. The van der Waals surface area contributed by atoms with E-state index in [1.54, 1.807) is 18.3 Å². The van der Waals surface area contributed by atoms with E-state index in [0.717, 1.165) is 11.9 Å². The molecule has 0 aliphatic rings. The van der Waals surface area contributed by atoms with E-state index in [1.165, 1.54) is 0 Å². The third kappa shape index (κ3) is 2.52. The molecule has 0 bridgehead atoms. The summed E-state index contributed by atoms with van der Waals surface area (Å²) in [7, 11) is 1.84. The number of hydrogen-bond donors (Lipinski definition) is 1. The molecule has 0 fully saturated rings. The van der Waals surface area contributed by atoms with Crippen molar-refractivity contribution < 1.29 is 4.79 Å². The van der Waals surface area contributed by atoms with Crippen molar-refractivity contribution in [3.8, 4) is 0 Å². The van der Waals surface area contributed by atoms with Crippen molar-refractivity contribution in [1.29, 1.82) is 0 Å². The summed E-state index contributed by atoms with van der Waals surface area (Å²) in [5.41, 5.74) is 0.809. The molecule has 1 aromatic carbocycles. The van der Waals surface area contributed by atoms with Crippen molar-refractivity contribution >= 4 is 16.8 Å². The molecule has 4 nitrogen and oxygen atoms in total. The molecule has 0 spiro atoms. The van der Waals surface area contributed by atoms with Crippen LogP contribution in [0.5, 0.6) is 0 Å². The van der Waals surface area contributed by atoms with E-state index in [-0.39, 0.29) is 22.9 Å². The summed E-state index contributed by atoms with van der Waals surface area (Å²) in [5.74, 6) is -0.305. The van der Waals surface area contributed by atoms with Gasteiger partial charge in [-0.1, -0.05) is 19.1 Å². The topological polar surface area (TPSA) is 51.1 Å². The first kappa shape index (κ1) is 13.3. The highest BCUT2D eigenvalue weighted by Gasteiger charge is 2.15. The SMILES string of the molecule is CC[C@H](C)NC(=O)c1cn(C)c2ccccc2c1=O. The van der Waals surface area contributed by atoms with Gasteiger partial charge in [-0.05, 0) is 25.5 Å². The van der Waals surface area contributed by atoms with Gasteiger partial charge in [0, 0.05) is 24.7 Å². The maximum absolute atomic E-state index is 12.3. The van der Waals surface area contributed by atoms with E-state index in [0.29, 0.717) is 5.39 Å². The lowest BCUT2D eigenvalue weighted by Crippen LogP contribution is -2.35. The number of para-hydroxylation sites is 1. The first-order chi connectivity index (χ1) is 9.04. The molecule has 1 atom stereocenters. The van der Waals surface area contributed by atoms with Crippen LogP contribution in [0.1, 0.15) is 30.6 Å². The average Bonchev–Trinajstić information content (AvgIpc) is 2.42. The minimum absolute atomic E-state index is 0.0590. The first-order valence-corrected chi connectivity index (χ1v) is 6.43. The Morgan fingerprint density at radius 3 is 2.74 bits per heavy atom. The summed E-state index contributed by atoms with van der Waals surface area (Å²) < 4.78 is 1.81. The molecule has 1 amide bonds. The minimum atomic E-state index is -0.305. The average molecular weight is 258 g/mol. The number of hydrogen-bond acceptors (Lipinski definition) is 2. The predicted molar refractivity (Wildman–Crippen MR) is 76.4 cm³/mol. The van der Waals surface area contributed by atoms with Gasteiger partial charge in [-0.15, -0.1) is 0 Å². The van der Waals surface area contributed by atoms with Gasteiger partial charge in [0.1, 0.15) is 5.56 Å². The summed E-state index contributed by atoms with van der Waals surface area (Å²) in [6, 6.07) is 7.36. The molecule has 1 heterocycles. The van der Waals surface area contributed by atoms with Crippen LogP contribution >= 0.6 is 0 Å². The number of rotatable bonds is 3. The second-order valence-corrected chi connectivity index (χ2v) is 4.78. The number of nitrogens with zero attached hydrogens (tertiary/aromatic N) is 1. The Morgan fingerprint density at radius 1 is 1.37 bits per heavy atom. The zero-order valence-corrected chi connectivity index (χ0v) is 11.4. The standard InChI is InChI=1S/C15H18N2O2/c1-4-10(2)16-15(19)12-9-17(3)13-8-6-5-7-11(13)14(12)18/h5-10H,4H2,1-3H3,(H,16,19)/t10-/m0/s1. The molecular weight excluding hydrogens is 240 g/mol. The van der Waals surface area contributed by atoms with Crippen molar-refractivity contribution in [1.82, 2.24) is 9.88 Å². The Balaban J connectivity index is 2.53. The van der Waals surface area contributed by atoms with Crippen LogP contribution in [0.15, 0.2) is 35.3 Å². The second-order valence-electron chi connectivity index (χ2n) is 4.78. The summed E-state index contributed by atoms with van der Waals surface area (Å²) in [4.78, 5) is 24.4. The van der Waals surface area contributed by atoms with Crippen LogP contribution in [0.4, 0.5) is 0 Å². The molecule has 1 N–H and O–H groups in total. The highest BCUT2D eigenvalue weighted by Crippen LogP contribution is 2.10. The largest absolute Gasteiger partial charge is 0.350 e. The molecule has 2 rings (SSSR count). The van der Waals surface area contributed by atoms with Gasteiger partial charge in [0.05, 0.1) is 5.52 Å². The maximum Gasteiger partial charge on any atom is 0.256 e. The van der Waals surface area contributed by atoms with Gasteiger partial charge in [-0.3, -0.25) is 9.59 Å². The summed E-state index contributed by atoms with van der Waals surface area (Å²) in [6.45, 7) is 3.91. The molecule has 0 unspecified atom stereocenters. The van der Waals surface area contributed by atoms with Crippen molar-refractivity contribution in [2.45, 2.75) is 26.3 Å². The zero-order valence-electron chi connectivity index (χ0n) is 11.4. The Labute approximate surface area is 112 Å². The molecule has 4 heteroatoms. The molecule has 0 saturated carbocycles. The van der Waals surface area contributed by atoms with E-state index in [9.17, 15) is 9.59 Å². The van der Waals surface area contributed by atoms with Crippen molar-refractivity contribution in [2.75, 3.05) is 0 Å². The maximum atomic E-state index is 12.3. The van der Waals surface area contributed by atoms with E-state index in [2.05, 4.69) is 5.32 Å². The zero-order chi connectivity index (χ0) is 14.0. The molecular formula is C15H18N2O2. The van der Waals surface area contributed by atoms with Gasteiger partial charge in [0.2, 0.25) is 5.43 Å². The normalized spacial score (nSPS) is 12.4. The van der Waals surface area contributed by atoms with E-state index in [4.69, 9.17) is 0 Å². The minimum Gasteiger partial charge on any atom is -0.350 e. The Bertz CT molecular complexity index is 673. The van der Waals surface area contributed by atoms with Crippen LogP contribution in [-0.2, 0) is 7.05 Å². The van der Waals surface area contributed by atoms with Gasteiger partial charge in [-0.2, -0.15) is 0 Å². The number of carbonyl (C=O) groups excluding carboxylic acids is 1. The fourth-order valence-electron chi connectivity index (χ4n) is 2.01. The quantitative estimate of drug-likeness (QED) is 0.916. The number of aromatic nitrogens is 1. The van der Waals surface area contributed by atoms with Gasteiger partial charge >= 0.3 is 0 Å². The number of carbonyl (C=O) groups is 1. The molecule has 0 aliphatic carbocycles. The Kier molecular flexibility index (Phi) is 3.69. The molecule has 0 saturated heterocycles. The highest BCUT2D eigenvalue weighted by atomic mass is 16.2. The van der Waals surface area contributed by atoms with Crippen LogP contribution in [0.25, 0.3) is 10.9 Å². The van der Waals surface area contributed by atoms with Gasteiger partial charge in [-0.25, -0.2) is 0 Å². The van der Waals surface area contributed by atoms with E-state index >= 15 is 0 Å².